The van der Waals surface area contributed by atoms with Gasteiger partial charge in [-0.25, -0.2) is 4.98 Å². The molecule has 7 nitrogen and oxygen atoms in total. The number of anilines is 1. The number of benzene rings is 1. The van der Waals surface area contributed by atoms with Crippen LogP contribution < -0.4 is 4.90 Å². The zero-order valence-electron chi connectivity index (χ0n) is 16.4. The molecule has 0 spiro atoms. The van der Waals surface area contributed by atoms with Gasteiger partial charge in [-0.05, 0) is 30.5 Å². The van der Waals surface area contributed by atoms with Gasteiger partial charge in [-0.15, -0.1) is 0 Å². The van der Waals surface area contributed by atoms with Crippen molar-refractivity contribution in [3.63, 3.8) is 0 Å². The molecule has 3 heterocycles. The highest BCUT2D eigenvalue weighted by atomic mass is 35.5. The number of piperazine rings is 1. The number of amides is 2. The average Bonchev–Trinajstić information content (AvgIpc) is 3.38. The van der Waals surface area contributed by atoms with E-state index in [4.69, 9.17) is 16.6 Å². The Morgan fingerprint density at radius 3 is 2.48 bits per heavy atom. The first-order chi connectivity index (χ1) is 14.0. The molecule has 2 fully saturated rings. The monoisotopic (exact) mass is 433 g/mol. The molecule has 1 atom stereocenters. The van der Waals surface area contributed by atoms with E-state index < -0.39 is 0 Å². The zero-order valence-corrected chi connectivity index (χ0v) is 18.0. The van der Waals surface area contributed by atoms with Crippen LogP contribution in [-0.4, -0.2) is 69.7 Å². The highest BCUT2D eigenvalue weighted by Crippen LogP contribution is 2.29. The van der Waals surface area contributed by atoms with Crippen molar-refractivity contribution in [2.45, 2.75) is 32.2 Å². The van der Waals surface area contributed by atoms with Crippen LogP contribution in [0, 0.1) is 0 Å². The first-order valence-electron chi connectivity index (χ1n) is 9.89. The van der Waals surface area contributed by atoms with E-state index in [-0.39, 0.29) is 17.9 Å². The molecule has 0 bridgehead atoms. The molecule has 29 heavy (non-hydrogen) atoms. The third-order valence-corrected chi connectivity index (χ3v) is 6.60. The summed E-state index contributed by atoms with van der Waals surface area (Å²) in [7, 11) is 0. The predicted molar refractivity (Wildman–Crippen MR) is 113 cm³/mol. The molecule has 2 saturated heterocycles. The van der Waals surface area contributed by atoms with Gasteiger partial charge in [0.05, 0.1) is 0 Å². The minimum absolute atomic E-state index is 0.0710. The molecule has 0 radical (unpaired) electrons. The number of carbonyl (C=O) groups excluding carboxylic acids is 2. The molecule has 2 aliphatic rings. The molecule has 1 unspecified atom stereocenters. The average molecular weight is 434 g/mol. The van der Waals surface area contributed by atoms with Crippen LogP contribution in [-0.2, 0) is 16.0 Å². The summed E-state index contributed by atoms with van der Waals surface area (Å²) in [6.45, 7) is 4.81. The molecular formula is C20H24ClN5O2S. The lowest BCUT2D eigenvalue weighted by Crippen LogP contribution is -2.54. The van der Waals surface area contributed by atoms with Crippen molar-refractivity contribution in [3.05, 3.63) is 40.7 Å². The first-order valence-corrected chi connectivity index (χ1v) is 11.0. The van der Waals surface area contributed by atoms with E-state index in [2.05, 4.69) is 9.27 Å². The van der Waals surface area contributed by atoms with E-state index in [1.807, 2.05) is 29.2 Å². The second-order valence-electron chi connectivity index (χ2n) is 7.48. The second-order valence-corrected chi connectivity index (χ2v) is 8.65. The van der Waals surface area contributed by atoms with Gasteiger partial charge in [-0.3, -0.25) is 9.59 Å². The fraction of sp³-hybridized carbons (Fsp3) is 0.500. The molecule has 0 N–H and O–H groups in total. The normalized spacial score (nSPS) is 19.7. The van der Waals surface area contributed by atoms with Crippen molar-refractivity contribution >= 4 is 40.1 Å². The Hall–Kier alpha value is -2.19. The van der Waals surface area contributed by atoms with E-state index >= 15 is 0 Å². The SMILES string of the molecule is CC(=O)N1CCN(C(=O)C2CCCN2c2nc(Cc3ccc(Cl)cc3)ns2)CC1. The van der Waals surface area contributed by atoms with Gasteiger partial charge < -0.3 is 14.7 Å². The van der Waals surface area contributed by atoms with Crippen molar-refractivity contribution < 1.29 is 9.59 Å². The molecule has 2 aliphatic heterocycles. The van der Waals surface area contributed by atoms with E-state index in [0.717, 1.165) is 35.9 Å². The van der Waals surface area contributed by atoms with Crippen LogP contribution >= 0.6 is 23.1 Å². The Bertz CT molecular complexity index is 879. The summed E-state index contributed by atoms with van der Waals surface area (Å²) in [4.78, 5) is 35.1. The van der Waals surface area contributed by atoms with Gasteiger partial charge in [0.2, 0.25) is 16.9 Å². The summed E-state index contributed by atoms with van der Waals surface area (Å²) in [5.74, 6) is 0.974. The molecule has 4 rings (SSSR count). The van der Waals surface area contributed by atoms with Crippen molar-refractivity contribution in [1.82, 2.24) is 19.2 Å². The van der Waals surface area contributed by atoms with E-state index in [1.54, 1.807) is 11.8 Å². The topological polar surface area (TPSA) is 69.6 Å². The van der Waals surface area contributed by atoms with Crippen LogP contribution in [0.3, 0.4) is 0 Å². The Labute approximate surface area is 179 Å². The Morgan fingerprint density at radius 2 is 1.79 bits per heavy atom. The molecule has 2 aromatic rings. The van der Waals surface area contributed by atoms with Gasteiger partial charge in [0.15, 0.2) is 0 Å². The maximum atomic E-state index is 13.1. The van der Waals surface area contributed by atoms with Crippen molar-refractivity contribution in [2.24, 2.45) is 0 Å². The third kappa shape index (κ3) is 4.53. The summed E-state index contributed by atoms with van der Waals surface area (Å²) in [6.07, 6.45) is 2.45. The van der Waals surface area contributed by atoms with Crippen LogP contribution in [0.25, 0.3) is 0 Å². The molecule has 9 heteroatoms. The lowest BCUT2D eigenvalue weighted by Gasteiger charge is -2.36. The number of hydrogen-bond donors (Lipinski definition) is 0. The number of carbonyl (C=O) groups is 2. The van der Waals surface area contributed by atoms with Crippen LogP contribution in [0.15, 0.2) is 24.3 Å². The number of nitrogens with zero attached hydrogens (tertiary/aromatic N) is 5. The van der Waals surface area contributed by atoms with Gasteiger partial charge in [0, 0.05) is 62.6 Å². The third-order valence-electron chi connectivity index (χ3n) is 5.55. The van der Waals surface area contributed by atoms with Crippen LogP contribution in [0.5, 0.6) is 0 Å². The number of halogens is 1. The van der Waals surface area contributed by atoms with Crippen molar-refractivity contribution in [3.8, 4) is 0 Å². The minimum Gasteiger partial charge on any atom is -0.339 e. The Balaban J connectivity index is 1.41. The predicted octanol–water partition coefficient (Wildman–Crippen LogP) is 2.44. The molecule has 2 amide bonds. The maximum absolute atomic E-state index is 13.1. The quantitative estimate of drug-likeness (QED) is 0.740. The smallest absolute Gasteiger partial charge is 0.245 e. The van der Waals surface area contributed by atoms with E-state index in [1.165, 1.54) is 11.5 Å². The van der Waals surface area contributed by atoms with Gasteiger partial charge in [-0.1, -0.05) is 23.7 Å². The standard InChI is InChI=1S/C20H24ClN5O2S/c1-14(27)24-9-11-25(12-10-24)19(28)17-3-2-8-26(17)20-22-18(23-29-20)13-15-4-6-16(21)7-5-15/h4-7,17H,2-3,8-13H2,1H3. The largest absolute Gasteiger partial charge is 0.339 e. The Morgan fingerprint density at radius 1 is 1.10 bits per heavy atom. The number of rotatable bonds is 4. The molecule has 1 aromatic carbocycles. The van der Waals surface area contributed by atoms with Crippen LogP contribution in [0.2, 0.25) is 5.02 Å². The fourth-order valence-electron chi connectivity index (χ4n) is 3.92. The summed E-state index contributed by atoms with van der Waals surface area (Å²) >= 11 is 7.30. The van der Waals surface area contributed by atoms with Crippen LogP contribution in [0.4, 0.5) is 5.13 Å². The lowest BCUT2D eigenvalue weighted by atomic mass is 10.1. The van der Waals surface area contributed by atoms with Gasteiger partial charge >= 0.3 is 0 Å². The zero-order chi connectivity index (χ0) is 20.4. The highest BCUT2D eigenvalue weighted by molar-refractivity contribution is 7.09. The lowest BCUT2D eigenvalue weighted by molar-refractivity contribution is -0.139. The molecule has 0 aliphatic carbocycles. The molecule has 1 aromatic heterocycles. The van der Waals surface area contributed by atoms with Crippen LogP contribution in [0.1, 0.15) is 31.2 Å². The summed E-state index contributed by atoms with van der Waals surface area (Å²) < 4.78 is 4.50. The number of hydrogen-bond acceptors (Lipinski definition) is 6. The second kappa shape index (κ2) is 8.67. The molecule has 0 saturated carbocycles. The van der Waals surface area contributed by atoms with E-state index in [9.17, 15) is 9.59 Å². The molecule has 154 valence electrons. The first kappa shape index (κ1) is 20.1. The van der Waals surface area contributed by atoms with Crippen molar-refractivity contribution in [1.29, 1.82) is 0 Å². The van der Waals surface area contributed by atoms with Crippen molar-refractivity contribution in [2.75, 3.05) is 37.6 Å². The summed E-state index contributed by atoms with van der Waals surface area (Å²) in [5.41, 5.74) is 1.11. The van der Waals surface area contributed by atoms with E-state index in [0.29, 0.717) is 37.6 Å². The summed E-state index contributed by atoms with van der Waals surface area (Å²) in [5, 5.41) is 1.52. The molecular weight excluding hydrogens is 410 g/mol. The maximum Gasteiger partial charge on any atom is 0.245 e. The van der Waals surface area contributed by atoms with Gasteiger partial charge in [0.25, 0.3) is 0 Å². The minimum atomic E-state index is -0.185. The van der Waals surface area contributed by atoms with Gasteiger partial charge in [0.1, 0.15) is 11.9 Å². The fourth-order valence-corrected chi connectivity index (χ4v) is 4.81. The number of aromatic nitrogens is 2. The highest BCUT2D eigenvalue weighted by Gasteiger charge is 2.36. The summed E-state index contributed by atoms with van der Waals surface area (Å²) in [6, 6.07) is 7.50. The van der Waals surface area contributed by atoms with Gasteiger partial charge in [-0.2, -0.15) is 4.37 Å². The Kier molecular flexibility index (Phi) is 6.01.